The number of amides is 2. The van der Waals surface area contributed by atoms with E-state index in [1.54, 1.807) is 22.6 Å². The topological polar surface area (TPSA) is 165 Å². The van der Waals surface area contributed by atoms with Gasteiger partial charge in [-0.25, -0.2) is 0 Å². The van der Waals surface area contributed by atoms with Gasteiger partial charge in [-0.3, -0.25) is 9.59 Å². The molecule has 2 amide bonds. The Balaban J connectivity index is 3.50. The number of hydrogen-bond donors (Lipinski definition) is 7. The van der Waals surface area contributed by atoms with Crippen LogP contribution in [-0.2, 0) is 0 Å². The summed E-state index contributed by atoms with van der Waals surface area (Å²) in [5.74, 6) is -1.46. The van der Waals surface area contributed by atoms with Gasteiger partial charge in [0.25, 0.3) is 11.8 Å². The number of nitrogens with one attached hydrogen (secondary N) is 2. The summed E-state index contributed by atoms with van der Waals surface area (Å²) >= 11 is 5.49. The number of aliphatic hydroxyl groups is 4. The SMILES string of the molecule is CC(O)(CO)NC(=O)c1c(I)c(N)c(I)c(C(=O)NC(C)(O)CO)c1I. The number of rotatable bonds is 6. The first-order valence-electron chi connectivity index (χ1n) is 7.05. The molecule has 0 aromatic heterocycles. The minimum atomic E-state index is -1.86. The van der Waals surface area contributed by atoms with E-state index in [2.05, 4.69) is 10.6 Å². The van der Waals surface area contributed by atoms with Gasteiger partial charge in [-0.1, -0.05) is 0 Å². The lowest BCUT2D eigenvalue weighted by Crippen LogP contribution is -2.50. The molecule has 0 saturated heterocycles. The third-order valence-electron chi connectivity index (χ3n) is 3.19. The van der Waals surface area contributed by atoms with E-state index >= 15 is 0 Å². The Bertz CT molecular complexity index is 682. The van der Waals surface area contributed by atoms with Crippen LogP contribution >= 0.6 is 67.8 Å². The average molecular weight is 705 g/mol. The summed E-state index contributed by atoms with van der Waals surface area (Å²) in [7, 11) is 0. The maximum atomic E-state index is 12.6. The molecular formula is C14H18I3N3O6. The molecule has 0 saturated carbocycles. The lowest BCUT2D eigenvalue weighted by molar-refractivity contribution is -0.0219. The van der Waals surface area contributed by atoms with Crippen molar-refractivity contribution in [2.24, 2.45) is 0 Å². The Labute approximate surface area is 190 Å². The van der Waals surface area contributed by atoms with E-state index in [9.17, 15) is 19.8 Å². The van der Waals surface area contributed by atoms with E-state index in [-0.39, 0.29) is 20.4 Å². The monoisotopic (exact) mass is 705 g/mol. The largest absolute Gasteiger partial charge is 0.397 e. The summed E-state index contributed by atoms with van der Waals surface area (Å²) in [5, 5.41) is 42.5. The van der Waals surface area contributed by atoms with Gasteiger partial charge in [0, 0.05) is 3.57 Å². The molecule has 2 atom stereocenters. The van der Waals surface area contributed by atoms with Crippen LogP contribution in [0.4, 0.5) is 5.69 Å². The summed E-state index contributed by atoms with van der Waals surface area (Å²) in [6.45, 7) is 1.01. The van der Waals surface area contributed by atoms with Crippen molar-refractivity contribution in [3.05, 3.63) is 21.8 Å². The van der Waals surface area contributed by atoms with Gasteiger partial charge in [-0.2, -0.15) is 0 Å². The van der Waals surface area contributed by atoms with Gasteiger partial charge in [0.2, 0.25) is 0 Å². The fraction of sp³-hybridized carbons (Fsp3) is 0.429. The molecule has 0 spiro atoms. The minimum absolute atomic E-state index is 0.0478. The number of carbonyl (C=O) groups is 2. The lowest BCUT2D eigenvalue weighted by atomic mass is 10.1. The van der Waals surface area contributed by atoms with E-state index in [0.29, 0.717) is 7.14 Å². The zero-order valence-electron chi connectivity index (χ0n) is 13.7. The number of hydrogen-bond acceptors (Lipinski definition) is 7. The highest BCUT2D eigenvalue weighted by Crippen LogP contribution is 2.34. The van der Waals surface area contributed by atoms with E-state index in [1.807, 2.05) is 45.2 Å². The van der Waals surface area contributed by atoms with Crippen molar-refractivity contribution >= 4 is 85.3 Å². The third-order valence-corrected chi connectivity index (χ3v) is 6.51. The fourth-order valence-electron chi connectivity index (χ4n) is 1.78. The van der Waals surface area contributed by atoms with Crippen LogP contribution in [0, 0.1) is 10.7 Å². The molecule has 0 bridgehead atoms. The molecule has 0 radical (unpaired) electrons. The number of nitrogens with two attached hydrogens (primary N) is 1. The molecule has 0 heterocycles. The molecule has 9 nitrogen and oxygen atoms in total. The second-order valence-corrected chi connectivity index (χ2v) is 9.11. The highest BCUT2D eigenvalue weighted by molar-refractivity contribution is 14.1. The molecule has 1 aromatic rings. The number of benzene rings is 1. The summed E-state index contributed by atoms with van der Waals surface area (Å²) in [6.07, 6.45) is 0. The van der Waals surface area contributed by atoms with Crippen LogP contribution in [-0.4, -0.2) is 56.9 Å². The third kappa shape index (κ3) is 5.51. The zero-order chi connectivity index (χ0) is 20.4. The highest BCUT2D eigenvalue weighted by atomic mass is 127. The first-order chi connectivity index (χ1) is 11.8. The molecule has 146 valence electrons. The number of halogens is 3. The Morgan fingerprint density at radius 2 is 1.19 bits per heavy atom. The lowest BCUT2D eigenvalue weighted by Gasteiger charge is -2.25. The second kappa shape index (κ2) is 8.99. The molecule has 0 fully saturated rings. The standard InChI is InChI=1S/C14H18I3N3O6/c1-13(25,3-21)19-11(23)5-7(15)6(9(17)10(18)8(5)16)12(24)20-14(2,26)4-22/h21-22,25-26H,3-4,18H2,1-2H3,(H,19,23)(H,20,24). The van der Waals surface area contributed by atoms with E-state index < -0.39 is 36.5 Å². The predicted molar refractivity (Wildman–Crippen MR) is 119 cm³/mol. The van der Waals surface area contributed by atoms with Gasteiger partial charge in [0.05, 0.1) is 37.2 Å². The summed E-state index contributed by atoms with van der Waals surface area (Å²) < 4.78 is 0.976. The van der Waals surface area contributed by atoms with Gasteiger partial charge in [0.15, 0.2) is 11.4 Å². The molecule has 0 aliphatic heterocycles. The molecule has 8 N–H and O–H groups in total. The van der Waals surface area contributed by atoms with Crippen LogP contribution in [0.3, 0.4) is 0 Å². The molecule has 0 aliphatic rings. The predicted octanol–water partition coefficient (Wildman–Crippen LogP) is -0.0562. The number of carbonyl (C=O) groups excluding carboxylic acids is 2. The number of nitrogen functional groups attached to an aromatic ring is 1. The summed E-state index contributed by atoms with van der Waals surface area (Å²) in [6, 6.07) is 0. The Morgan fingerprint density at radius 1 is 0.885 bits per heavy atom. The average Bonchev–Trinajstić information content (AvgIpc) is 2.52. The van der Waals surface area contributed by atoms with E-state index in [4.69, 9.17) is 15.9 Å². The molecular weight excluding hydrogens is 687 g/mol. The molecule has 12 heteroatoms. The second-order valence-electron chi connectivity index (χ2n) is 5.88. The maximum Gasteiger partial charge on any atom is 0.255 e. The quantitative estimate of drug-likeness (QED) is 0.124. The normalized spacial score (nSPS) is 15.7. The van der Waals surface area contributed by atoms with Crippen molar-refractivity contribution in [2.75, 3.05) is 18.9 Å². The van der Waals surface area contributed by atoms with Crippen molar-refractivity contribution in [1.29, 1.82) is 0 Å². The maximum absolute atomic E-state index is 12.6. The fourth-order valence-corrected chi connectivity index (χ4v) is 5.92. The van der Waals surface area contributed by atoms with Crippen molar-refractivity contribution in [3.63, 3.8) is 0 Å². The summed E-state index contributed by atoms with van der Waals surface area (Å²) in [4.78, 5) is 25.1. The highest BCUT2D eigenvalue weighted by Gasteiger charge is 2.32. The van der Waals surface area contributed by atoms with Crippen LogP contribution in [0.5, 0.6) is 0 Å². The molecule has 1 aromatic carbocycles. The molecule has 26 heavy (non-hydrogen) atoms. The first kappa shape index (κ1) is 24.0. The summed E-state index contributed by atoms with van der Waals surface area (Å²) in [5.41, 5.74) is 2.57. The van der Waals surface area contributed by atoms with Crippen molar-refractivity contribution in [3.8, 4) is 0 Å². The van der Waals surface area contributed by atoms with Gasteiger partial charge >= 0.3 is 0 Å². The minimum Gasteiger partial charge on any atom is -0.397 e. The number of aliphatic hydroxyl groups excluding tert-OH is 2. The van der Waals surface area contributed by atoms with Crippen LogP contribution < -0.4 is 16.4 Å². The van der Waals surface area contributed by atoms with Crippen molar-refractivity contribution in [2.45, 2.75) is 25.3 Å². The van der Waals surface area contributed by atoms with Crippen LogP contribution in [0.2, 0.25) is 0 Å². The van der Waals surface area contributed by atoms with Gasteiger partial charge in [-0.05, 0) is 81.6 Å². The van der Waals surface area contributed by atoms with Crippen LogP contribution in [0.25, 0.3) is 0 Å². The molecule has 0 aliphatic carbocycles. The first-order valence-corrected chi connectivity index (χ1v) is 10.3. The van der Waals surface area contributed by atoms with E-state index in [1.165, 1.54) is 13.8 Å². The van der Waals surface area contributed by atoms with Gasteiger partial charge < -0.3 is 36.8 Å². The Kier molecular flexibility index (Phi) is 8.31. The Morgan fingerprint density at radius 3 is 1.46 bits per heavy atom. The smallest absolute Gasteiger partial charge is 0.255 e. The van der Waals surface area contributed by atoms with Gasteiger partial charge in [-0.15, -0.1) is 0 Å². The van der Waals surface area contributed by atoms with Gasteiger partial charge in [0.1, 0.15) is 0 Å². The van der Waals surface area contributed by atoms with Crippen molar-refractivity contribution < 1.29 is 30.0 Å². The molecule has 1 rings (SSSR count). The van der Waals surface area contributed by atoms with Crippen LogP contribution in [0.1, 0.15) is 34.6 Å². The zero-order valence-corrected chi connectivity index (χ0v) is 20.2. The van der Waals surface area contributed by atoms with E-state index in [0.717, 1.165) is 0 Å². The molecule has 2 unspecified atom stereocenters. The van der Waals surface area contributed by atoms with Crippen molar-refractivity contribution in [1.82, 2.24) is 10.6 Å². The Hall–Kier alpha value is -0.0100. The van der Waals surface area contributed by atoms with Crippen LogP contribution in [0.15, 0.2) is 0 Å². The number of anilines is 1.